The molecule has 0 bridgehead atoms. The van der Waals surface area contributed by atoms with E-state index < -0.39 is 6.10 Å². The Labute approximate surface area is 118 Å². The highest BCUT2D eigenvalue weighted by Gasteiger charge is 2.32. The molecule has 2 unspecified atom stereocenters. The predicted octanol–water partition coefficient (Wildman–Crippen LogP) is 3.59. The van der Waals surface area contributed by atoms with Crippen molar-refractivity contribution >= 4 is 23.2 Å². The number of rotatable bonds is 4. The van der Waals surface area contributed by atoms with Gasteiger partial charge in [0, 0.05) is 22.5 Å². The Balaban J connectivity index is 2.27. The summed E-state index contributed by atoms with van der Waals surface area (Å²) in [6.07, 6.45) is 4.07. The van der Waals surface area contributed by atoms with Gasteiger partial charge in [-0.15, -0.1) is 0 Å². The molecule has 1 aliphatic rings. The van der Waals surface area contributed by atoms with E-state index in [0.29, 0.717) is 22.5 Å². The molecule has 1 aromatic rings. The van der Waals surface area contributed by atoms with Crippen LogP contribution in [-0.4, -0.2) is 17.8 Å². The summed E-state index contributed by atoms with van der Waals surface area (Å²) in [5.41, 5.74) is 6.63. The Morgan fingerprint density at radius 2 is 1.78 bits per heavy atom. The Morgan fingerprint density at radius 3 is 2.28 bits per heavy atom. The topological polar surface area (TPSA) is 46.2 Å². The number of aliphatic hydroxyl groups is 1. The van der Waals surface area contributed by atoms with Crippen LogP contribution in [0.1, 0.15) is 37.2 Å². The molecule has 1 aliphatic carbocycles. The van der Waals surface area contributed by atoms with Crippen LogP contribution in [0.3, 0.4) is 0 Å². The van der Waals surface area contributed by atoms with Crippen LogP contribution in [0.4, 0.5) is 0 Å². The van der Waals surface area contributed by atoms with Gasteiger partial charge >= 0.3 is 0 Å². The van der Waals surface area contributed by atoms with E-state index in [-0.39, 0.29) is 5.92 Å². The minimum Gasteiger partial charge on any atom is -0.392 e. The smallest absolute Gasteiger partial charge is 0.0650 e. The minimum absolute atomic E-state index is 0.172. The molecule has 18 heavy (non-hydrogen) atoms. The van der Waals surface area contributed by atoms with Crippen LogP contribution >= 0.6 is 23.2 Å². The minimum atomic E-state index is -0.449. The predicted molar refractivity (Wildman–Crippen MR) is 76.2 cm³/mol. The van der Waals surface area contributed by atoms with Crippen LogP contribution in [0.5, 0.6) is 0 Å². The molecule has 0 aliphatic heterocycles. The van der Waals surface area contributed by atoms with E-state index >= 15 is 0 Å². The summed E-state index contributed by atoms with van der Waals surface area (Å²) in [4.78, 5) is 0. The zero-order chi connectivity index (χ0) is 13.1. The first-order valence-corrected chi connectivity index (χ1v) is 7.22. The van der Waals surface area contributed by atoms with Crippen LogP contribution in [0.25, 0.3) is 0 Å². The van der Waals surface area contributed by atoms with Crippen LogP contribution in [0.2, 0.25) is 10.0 Å². The maximum absolute atomic E-state index is 10.5. The molecule has 2 nitrogen and oxygen atoms in total. The molecule has 3 N–H and O–H groups in total. The summed E-state index contributed by atoms with van der Waals surface area (Å²) in [5, 5.41) is 11.7. The molecule has 1 aromatic carbocycles. The van der Waals surface area contributed by atoms with Crippen LogP contribution in [0, 0.1) is 5.92 Å². The molecule has 0 spiro atoms. The highest BCUT2D eigenvalue weighted by atomic mass is 35.5. The first-order valence-electron chi connectivity index (χ1n) is 6.47. The van der Waals surface area contributed by atoms with Gasteiger partial charge in [-0.2, -0.15) is 0 Å². The van der Waals surface area contributed by atoms with Crippen molar-refractivity contribution in [1.82, 2.24) is 0 Å². The summed E-state index contributed by atoms with van der Waals surface area (Å²) in [7, 11) is 0. The van der Waals surface area contributed by atoms with Crippen LogP contribution < -0.4 is 5.73 Å². The fourth-order valence-electron chi connectivity index (χ4n) is 2.92. The van der Waals surface area contributed by atoms with Gasteiger partial charge in [0.1, 0.15) is 0 Å². The van der Waals surface area contributed by atoms with E-state index in [4.69, 9.17) is 28.9 Å². The van der Waals surface area contributed by atoms with Gasteiger partial charge in [-0.25, -0.2) is 0 Å². The van der Waals surface area contributed by atoms with Crippen molar-refractivity contribution in [2.24, 2.45) is 11.7 Å². The van der Waals surface area contributed by atoms with E-state index in [1.165, 1.54) is 12.8 Å². The van der Waals surface area contributed by atoms with Crippen molar-refractivity contribution in [3.05, 3.63) is 33.8 Å². The Hall–Kier alpha value is -0.280. The highest BCUT2D eigenvalue weighted by Crippen LogP contribution is 2.38. The van der Waals surface area contributed by atoms with Gasteiger partial charge in [0.25, 0.3) is 0 Å². The lowest BCUT2D eigenvalue weighted by Crippen LogP contribution is -2.31. The van der Waals surface area contributed by atoms with Crippen molar-refractivity contribution in [3.8, 4) is 0 Å². The maximum atomic E-state index is 10.5. The zero-order valence-electron chi connectivity index (χ0n) is 10.3. The average molecular weight is 288 g/mol. The lowest BCUT2D eigenvalue weighted by molar-refractivity contribution is 0.0852. The first-order chi connectivity index (χ1) is 8.65. The van der Waals surface area contributed by atoms with Gasteiger partial charge in [0.2, 0.25) is 0 Å². The summed E-state index contributed by atoms with van der Waals surface area (Å²) < 4.78 is 0. The highest BCUT2D eigenvalue weighted by molar-refractivity contribution is 6.36. The van der Waals surface area contributed by atoms with Gasteiger partial charge in [-0.05, 0) is 36.5 Å². The molecule has 1 saturated carbocycles. The summed E-state index contributed by atoms with van der Waals surface area (Å²) in [5.74, 6) is 0.153. The second-order valence-electron chi connectivity index (χ2n) is 5.01. The molecule has 2 rings (SSSR count). The SMILES string of the molecule is NCC(c1c(Cl)cccc1Cl)C(O)C1CCCC1. The molecule has 0 saturated heterocycles. The third-order valence-electron chi connectivity index (χ3n) is 3.92. The maximum Gasteiger partial charge on any atom is 0.0650 e. The second kappa shape index (κ2) is 6.25. The van der Waals surface area contributed by atoms with E-state index in [2.05, 4.69) is 0 Å². The fourth-order valence-corrected chi connectivity index (χ4v) is 3.60. The molecular weight excluding hydrogens is 269 g/mol. The number of halogens is 2. The van der Waals surface area contributed by atoms with Gasteiger partial charge in [-0.1, -0.05) is 42.1 Å². The van der Waals surface area contributed by atoms with Crippen molar-refractivity contribution in [2.75, 3.05) is 6.54 Å². The third-order valence-corrected chi connectivity index (χ3v) is 4.58. The first kappa shape index (κ1) is 14.1. The van der Waals surface area contributed by atoms with Crippen molar-refractivity contribution < 1.29 is 5.11 Å². The number of hydrogen-bond donors (Lipinski definition) is 2. The Bertz CT molecular complexity index is 385. The van der Waals surface area contributed by atoms with Crippen molar-refractivity contribution in [3.63, 3.8) is 0 Å². The summed E-state index contributed by atoms with van der Waals surface area (Å²) in [6, 6.07) is 5.41. The van der Waals surface area contributed by atoms with Gasteiger partial charge in [-0.3, -0.25) is 0 Å². The number of hydrogen-bond acceptors (Lipinski definition) is 2. The molecule has 0 amide bonds. The van der Waals surface area contributed by atoms with E-state index in [0.717, 1.165) is 18.4 Å². The molecule has 0 aromatic heterocycles. The molecule has 100 valence electrons. The van der Waals surface area contributed by atoms with E-state index in [1.807, 2.05) is 6.07 Å². The van der Waals surface area contributed by atoms with E-state index in [9.17, 15) is 5.11 Å². The van der Waals surface area contributed by atoms with Gasteiger partial charge < -0.3 is 10.8 Å². The van der Waals surface area contributed by atoms with Crippen molar-refractivity contribution in [2.45, 2.75) is 37.7 Å². The Morgan fingerprint density at radius 1 is 1.22 bits per heavy atom. The quantitative estimate of drug-likeness (QED) is 0.889. The van der Waals surface area contributed by atoms with Crippen LogP contribution in [0.15, 0.2) is 18.2 Å². The van der Waals surface area contributed by atoms with Crippen molar-refractivity contribution in [1.29, 1.82) is 0 Å². The molecular formula is C14H19Cl2NO. The molecule has 1 fully saturated rings. The van der Waals surface area contributed by atoms with Gasteiger partial charge in [0.15, 0.2) is 0 Å². The average Bonchev–Trinajstić information content (AvgIpc) is 2.87. The van der Waals surface area contributed by atoms with E-state index in [1.54, 1.807) is 12.1 Å². The largest absolute Gasteiger partial charge is 0.392 e. The number of benzene rings is 1. The zero-order valence-corrected chi connectivity index (χ0v) is 11.8. The Kier molecular flexibility index (Phi) is 4.91. The summed E-state index contributed by atoms with van der Waals surface area (Å²) >= 11 is 12.4. The normalized spacial score (nSPS) is 20.0. The second-order valence-corrected chi connectivity index (χ2v) is 5.83. The molecule has 4 heteroatoms. The molecule has 2 atom stereocenters. The molecule has 0 heterocycles. The number of aliphatic hydroxyl groups excluding tert-OH is 1. The lowest BCUT2D eigenvalue weighted by atomic mass is 9.85. The number of nitrogens with two attached hydrogens (primary N) is 1. The molecule has 0 radical (unpaired) electrons. The fraction of sp³-hybridized carbons (Fsp3) is 0.571. The standard InChI is InChI=1S/C14H19Cl2NO/c15-11-6-3-7-12(16)13(11)10(8-17)14(18)9-4-1-2-5-9/h3,6-7,9-10,14,18H,1-2,4-5,8,17H2. The third kappa shape index (κ3) is 2.83. The monoisotopic (exact) mass is 287 g/mol. The summed E-state index contributed by atoms with van der Waals surface area (Å²) in [6.45, 7) is 0.362. The lowest BCUT2D eigenvalue weighted by Gasteiger charge is -2.28. The van der Waals surface area contributed by atoms with Crippen LogP contribution in [-0.2, 0) is 0 Å². The van der Waals surface area contributed by atoms with Gasteiger partial charge in [0.05, 0.1) is 6.10 Å².